The molecule has 9 heteroatoms. The van der Waals surface area contributed by atoms with Crippen LogP contribution in [0.4, 0.5) is 15.8 Å². The summed E-state index contributed by atoms with van der Waals surface area (Å²) in [6.45, 7) is 3.35. The summed E-state index contributed by atoms with van der Waals surface area (Å²) in [6, 6.07) is 18.8. The number of hydrogen-bond donors (Lipinski definition) is 3. The Hall–Kier alpha value is -3.82. The van der Waals surface area contributed by atoms with Gasteiger partial charge >= 0.3 is 0 Å². The second kappa shape index (κ2) is 12.4. The number of anilines is 2. The first-order valence-corrected chi connectivity index (χ1v) is 11.0. The third kappa shape index (κ3) is 7.65. The summed E-state index contributed by atoms with van der Waals surface area (Å²) in [7, 11) is 0. The van der Waals surface area contributed by atoms with Gasteiger partial charge in [0.05, 0.1) is 6.61 Å². The molecule has 0 fully saturated rings. The van der Waals surface area contributed by atoms with Gasteiger partial charge in [-0.25, -0.2) is 4.39 Å². The van der Waals surface area contributed by atoms with E-state index in [0.717, 1.165) is 0 Å². The normalized spacial score (nSPS) is 10.3. The van der Waals surface area contributed by atoms with Crippen LogP contribution in [0.2, 0.25) is 0 Å². The molecular weight excluding hydrogens is 457 g/mol. The molecule has 3 aromatic carbocycles. The molecule has 0 radical (unpaired) electrons. The Morgan fingerprint density at radius 3 is 2.29 bits per heavy atom. The topological polar surface area (TPSA) is 88.7 Å². The largest absolute Gasteiger partial charge is 0.491 e. The molecule has 2 amide bonds. The number of rotatable bonds is 9. The lowest BCUT2D eigenvalue weighted by molar-refractivity contribution is 0.0974. The van der Waals surface area contributed by atoms with Gasteiger partial charge in [-0.15, -0.1) is 0 Å². The van der Waals surface area contributed by atoms with Crippen LogP contribution in [0.1, 0.15) is 27.6 Å². The number of hydrogen-bond acceptors (Lipinski definition) is 5. The molecule has 0 aliphatic heterocycles. The molecule has 0 aliphatic carbocycles. The van der Waals surface area contributed by atoms with Gasteiger partial charge in [0.15, 0.2) is 5.11 Å². The van der Waals surface area contributed by atoms with Crippen molar-refractivity contribution in [3.05, 3.63) is 89.7 Å². The molecule has 176 valence electrons. The number of benzene rings is 3. The predicted octanol–water partition coefficient (Wildman–Crippen LogP) is 4.62. The van der Waals surface area contributed by atoms with Crippen LogP contribution in [0, 0.1) is 5.82 Å². The molecule has 3 aromatic rings. The van der Waals surface area contributed by atoms with Crippen molar-refractivity contribution >= 4 is 40.5 Å². The highest BCUT2D eigenvalue weighted by molar-refractivity contribution is 7.80. The number of amides is 2. The average molecular weight is 482 g/mol. The van der Waals surface area contributed by atoms with Crippen molar-refractivity contribution in [2.45, 2.75) is 6.92 Å². The highest BCUT2D eigenvalue weighted by atomic mass is 32.1. The summed E-state index contributed by atoms with van der Waals surface area (Å²) >= 11 is 5.24. The maximum Gasteiger partial charge on any atom is 0.257 e. The average Bonchev–Trinajstić information content (AvgIpc) is 2.83. The van der Waals surface area contributed by atoms with Crippen molar-refractivity contribution in [1.82, 2.24) is 5.32 Å². The van der Waals surface area contributed by atoms with Crippen molar-refractivity contribution in [3.63, 3.8) is 0 Å². The maximum absolute atomic E-state index is 13.0. The zero-order valence-corrected chi connectivity index (χ0v) is 19.3. The molecule has 0 saturated carbocycles. The fraction of sp³-hybridized carbons (Fsp3) is 0.160. The lowest BCUT2D eigenvalue weighted by Gasteiger charge is -2.12. The molecule has 0 unspecified atom stereocenters. The number of nitrogens with one attached hydrogen (secondary N) is 3. The zero-order chi connectivity index (χ0) is 24.3. The minimum Gasteiger partial charge on any atom is -0.491 e. The number of carbonyl (C=O) groups excluding carboxylic acids is 2. The standard InChI is InChI=1S/C25H24FN3O4S/c1-2-32-13-14-33-22-8-4-6-18(16-22)24(31)29-25(34)28-21-7-3-5-17(15-21)23(30)27-20-11-9-19(26)10-12-20/h3-12,15-16H,2,13-14H2,1H3,(H,27,30)(H2,28,29,31,34). The van der Waals surface area contributed by atoms with Gasteiger partial charge in [-0.3, -0.25) is 14.9 Å². The van der Waals surface area contributed by atoms with Crippen LogP contribution in [-0.2, 0) is 4.74 Å². The molecule has 3 N–H and O–H groups in total. The van der Waals surface area contributed by atoms with Gasteiger partial charge in [-0.2, -0.15) is 0 Å². The van der Waals surface area contributed by atoms with E-state index in [-0.39, 0.29) is 16.8 Å². The molecule has 0 heterocycles. The lowest BCUT2D eigenvalue weighted by Crippen LogP contribution is -2.34. The van der Waals surface area contributed by atoms with E-state index in [4.69, 9.17) is 21.7 Å². The quantitative estimate of drug-likeness (QED) is 0.305. The second-order valence-electron chi connectivity index (χ2n) is 7.02. The molecule has 0 atom stereocenters. The van der Waals surface area contributed by atoms with E-state index >= 15 is 0 Å². The Morgan fingerprint density at radius 1 is 0.853 bits per heavy atom. The van der Waals surface area contributed by atoms with Crippen LogP contribution in [0.5, 0.6) is 5.75 Å². The molecule has 0 aliphatic rings. The van der Waals surface area contributed by atoms with Gasteiger partial charge < -0.3 is 20.1 Å². The van der Waals surface area contributed by atoms with Crippen LogP contribution < -0.4 is 20.7 Å². The first-order chi connectivity index (χ1) is 16.4. The summed E-state index contributed by atoms with van der Waals surface area (Å²) in [4.78, 5) is 25.1. The van der Waals surface area contributed by atoms with Crippen molar-refractivity contribution < 1.29 is 23.5 Å². The molecule has 0 aromatic heterocycles. The van der Waals surface area contributed by atoms with E-state index in [0.29, 0.717) is 48.1 Å². The van der Waals surface area contributed by atoms with Gasteiger partial charge in [0.1, 0.15) is 18.2 Å². The minimum absolute atomic E-state index is 0.0729. The van der Waals surface area contributed by atoms with E-state index in [1.54, 1.807) is 48.5 Å². The Kier molecular flexibility index (Phi) is 9.07. The number of halogens is 1. The first kappa shape index (κ1) is 24.8. The van der Waals surface area contributed by atoms with Crippen LogP contribution in [0.3, 0.4) is 0 Å². The monoisotopic (exact) mass is 481 g/mol. The van der Waals surface area contributed by atoms with Crippen molar-refractivity contribution in [1.29, 1.82) is 0 Å². The van der Waals surface area contributed by atoms with E-state index in [2.05, 4.69) is 16.0 Å². The van der Waals surface area contributed by atoms with Crippen LogP contribution >= 0.6 is 12.2 Å². The molecular formula is C25H24FN3O4S. The summed E-state index contributed by atoms with van der Waals surface area (Å²) in [6.07, 6.45) is 0. The highest BCUT2D eigenvalue weighted by Gasteiger charge is 2.11. The summed E-state index contributed by atoms with van der Waals surface area (Å²) in [5.41, 5.74) is 1.73. The minimum atomic E-state index is -0.405. The van der Waals surface area contributed by atoms with Gasteiger partial charge in [-0.1, -0.05) is 12.1 Å². The molecule has 3 rings (SSSR count). The van der Waals surface area contributed by atoms with Crippen LogP contribution in [-0.4, -0.2) is 36.7 Å². The lowest BCUT2D eigenvalue weighted by atomic mass is 10.2. The van der Waals surface area contributed by atoms with Crippen molar-refractivity contribution in [2.24, 2.45) is 0 Å². The highest BCUT2D eigenvalue weighted by Crippen LogP contribution is 2.15. The van der Waals surface area contributed by atoms with Crippen LogP contribution in [0.25, 0.3) is 0 Å². The van der Waals surface area contributed by atoms with Gasteiger partial charge in [0.25, 0.3) is 11.8 Å². The first-order valence-electron chi connectivity index (χ1n) is 10.5. The van der Waals surface area contributed by atoms with Gasteiger partial charge in [0.2, 0.25) is 0 Å². The molecule has 0 spiro atoms. The number of carbonyl (C=O) groups is 2. The maximum atomic E-state index is 13.0. The molecule has 0 bridgehead atoms. The van der Waals surface area contributed by atoms with E-state index in [9.17, 15) is 14.0 Å². The SMILES string of the molecule is CCOCCOc1cccc(C(=O)NC(=S)Nc2cccc(C(=O)Nc3ccc(F)cc3)c2)c1. The van der Waals surface area contributed by atoms with E-state index in [1.165, 1.54) is 24.3 Å². The Labute approximate surface area is 202 Å². The third-order valence-electron chi connectivity index (χ3n) is 4.51. The summed E-state index contributed by atoms with van der Waals surface area (Å²) < 4.78 is 23.8. The number of ether oxygens (including phenoxy) is 2. The fourth-order valence-corrected chi connectivity index (χ4v) is 3.11. The molecule has 7 nitrogen and oxygen atoms in total. The summed E-state index contributed by atoms with van der Waals surface area (Å²) in [5.74, 6) is -0.615. The van der Waals surface area contributed by atoms with E-state index < -0.39 is 5.91 Å². The Bertz CT molecular complexity index is 1150. The fourth-order valence-electron chi connectivity index (χ4n) is 2.90. The van der Waals surface area contributed by atoms with Gasteiger partial charge in [0, 0.05) is 29.1 Å². The Morgan fingerprint density at radius 2 is 1.56 bits per heavy atom. The summed E-state index contributed by atoms with van der Waals surface area (Å²) in [5, 5.41) is 8.27. The Balaban J connectivity index is 1.56. The predicted molar refractivity (Wildman–Crippen MR) is 133 cm³/mol. The van der Waals surface area contributed by atoms with Crippen molar-refractivity contribution in [3.8, 4) is 5.75 Å². The van der Waals surface area contributed by atoms with Crippen molar-refractivity contribution in [2.75, 3.05) is 30.5 Å². The zero-order valence-electron chi connectivity index (χ0n) is 18.5. The molecule has 34 heavy (non-hydrogen) atoms. The van der Waals surface area contributed by atoms with E-state index in [1.807, 2.05) is 6.92 Å². The molecule has 0 saturated heterocycles. The van der Waals surface area contributed by atoms with Gasteiger partial charge in [-0.05, 0) is 79.8 Å². The number of thiocarbonyl (C=S) groups is 1. The second-order valence-corrected chi connectivity index (χ2v) is 7.43. The third-order valence-corrected chi connectivity index (χ3v) is 4.71. The van der Waals surface area contributed by atoms with Crippen LogP contribution in [0.15, 0.2) is 72.8 Å². The smallest absolute Gasteiger partial charge is 0.257 e.